The average Bonchev–Trinajstić information content (AvgIpc) is 2.37. The van der Waals surface area contributed by atoms with E-state index in [1.807, 2.05) is 24.3 Å². The number of hydrogen-bond donors (Lipinski definition) is 1. The molecule has 0 radical (unpaired) electrons. The molecule has 0 fully saturated rings. The lowest BCUT2D eigenvalue weighted by atomic mass is 9.97. The van der Waals surface area contributed by atoms with E-state index in [-0.39, 0.29) is 12.5 Å². The van der Waals surface area contributed by atoms with Crippen LogP contribution < -0.4 is 0 Å². The van der Waals surface area contributed by atoms with Gasteiger partial charge in [0.15, 0.2) is 0 Å². The zero-order valence-corrected chi connectivity index (χ0v) is 10.8. The predicted molar refractivity (Wildman–Crippen MR) is 69.2 cm³/mol. The molecule has 94 valence electrons. The summed E-state index contributed by atoms with van der Waals surface area (Å²) in [7, 11) is 1.70. The predicted octanol–water partition coefficient (Wildman–Crippen LogP) is 2.26. The van der Waals surface area contributed by atoms with E-state index >= 15 is 0 Å². The van der Waals surface area contributed by atoms with Gasteiger partial charge in [0.25, 0.3) is 5.91 Å². The van der Waals surface area contributed by atoms with Gasteiger partial charge in [0.1, 0.15) is 0 Å². The van der Waals surface area contributed by atoms with Crippen LogP contribution in [0.3, 0.4) is 0 Å². The minimum Gasteiger partial charge on any atom is -0.395 e. The normalized spacial score (nSPS) is 12.2. The maximum atomic E-state index is 11.9. The Hall–Kier alpha value is -1.35. The molecule has 0 aromatic heterocycles. The fourth-order valence-corrected chi connectivity index (χ4v) is 1.66. The molecule has 1 aromatic carbocycles. The molecule has 3 heteroatoms. The standard InChI is InChI=1S/C14H21NO2/c1-4-11(2)12-5-7-13(8-6-12)14(17)15(3)9-10-16/h5-8,11,16H,4,9-10H2,1-3H3. The third kappa shape index (κ3) is 3.56. The van der Waals surface area contributed by atoms with Crippen LogP contribution in [0.1, 0.15) is 42.1 Å². The van der Waals surface area contributed by atoms with Crippen molar-refractivity contribution in [2.45, 2.75) is 26.2 Å². The molecule has 1 unspecified atom stereocenters. The van der Waals surface area contributed by atoms with E-state index in [1.54, 1.807) is 7.05 Å². The molecule has 1 amide bonds. The number of carbonyl (C=O) groups excluding carboxylic acids is 1. The van der Waals surface area contributed by atoms with Crippen molar-refractivity contribution < 1.29 is 9.90 Å². The van der Waals surface area contributed by atoms with Crippen LogP contribution in [0, 0.1) is 0 Å². The van der Waals surface area contributed by atoms with Gasteiger partial charge in [-0.25, -0.2) is 0 Å². The van der Waals surface area contributed by atoms with Crippen LogP contribution in [-0.2, 0) is 0 Å². The first-order valence-corrected chi connectivity index (χ1v) is 6.06. The van der Waals surface area contributed by atoms with Crippen molar-refractivity contribution in [1.29, 1.82) is 0 Å². The number of benzene rings is 1. The zero-order valence-electron chi connectivity index (χ0n) is 10.8. The Morgan fingerprint density at radius 1 is 1.35 bits per heavy atom. The molecule has 1 rings (SSSR count). The summed E-state index contributed by atoms with van der Waals surface area (Å²) in [6, 6.07) is 7.73. The van der Waals surface area contributed by atoms with Crippen LogP contribution in [0.15, 0.2) is 24.3 Å². The number of amides is 1. The maximum Gasteiger partial charge on any atom is 0.253 e. The lowest BCUT2D eigenvalue weighted by Crippen LogP contribution is -2.29. The lowest BCUT2D eigenvalue weighted by Gasteiger charge is -2.16. The van der Waals surface area contributed by atoms with E-state index in [0.717, 1.165) is 6.42 Å². The largest absolute Gasteiger partial charge is 0.395 e. The number of nitrogens with zero attached hydrogens (tertiary/aromatic N) is 1. The van der Waals surface area contributed by atoms with Gasteiger partial charge >= 0.3 is 0 Å². The summed E-state index contributed by atoms with van der Waals surface area (Å²) in [5.41, 5.74) is 1.93. The summed E-state index contributed by atoms with van der Waals surface area (Å²) in [6.45, 7) is 4.69. The summed E-state index contributed by atoms with van der Waals surface area (Å²) in [5.74, 6) is 0.476. The summed E-state index contributed by atoms with van der Waals surface area (Å²) in [6.07, 6.45) is 1.09. The SMILES string of the molecule is CCC(C)c1ccc(C(=O)N(C)CCO)cc1. The number of hydrogen-bond acceptors (Lipinski definition) is 2. The minimum absolute atomic E-state index is 0.00675. The van der Waals surface area contributed by atoms with E-state index in [9.17, 15) is 4.79 Å². The highest BCUT2D eigenvalue weighted by Crippen LogP contribution is 2.19. The Labute approximate surface area is 103 Å². The van der Waals surface area contributed by atoms with Gasteiger partial charge in [0, 0.05) is 19.2 Å². The molecule has 0 heterocycles. The first-order chi connectivity index (χ1) is 8.10. The van der Waals surface area contributed by atoms with Gasteiger partial charge in [-0.1, -0.05) is 26.0 Å². The molecule has 0 saturated carbocycles. The van der Waals surface area contributed by atoms with Crippen molar-refractivity contribution in [2.75, 3.05) is 20.2 Å². The van der Waals surface area contributed by atoms with Gasteiger partial charge in [0.05, 0.1) is 6.61 Å². The molecule has 0 bridgehead atoms. The molecule has 1 atom stereocenters. The van der Waals surface area contributed by atoms with Gasteiger partial charge in [-0.05, 0) is 30.0 Å². The fourth-order valence-electron chi connectivity index (χ4n) is 1.66. The molecule has 0 aliphatic rings. The Morgan fingerprint density at radius 2 is 1.94 bits per heavy atom. The molecule has 3 nitrogen and oxygen atoms in total. The van der Waals surface area contributed by atoms with E-state index in [0.29, 0.717) is 18.0 Å². The number of aliphatic hydroxyl groups excluding tert-OH is 1. The van der Waals surface area contributed by atoms with Crippen LogP contribution in [0.2, 0.25) is 0 Å². The molecule has 1 aromatic rings. The van der Waals surface area contributed by atoms with E-state index < -0.39 is 0 Å². The van der Waals surface area contributed by atoms with Crippen molar-refractivity contribution in [3.63, 3.8) is 0 Å². The van der Waals surface area contributed by atoms with Gasteiger partial charge in [-0.3, -0.25) is 4.79 Å². The van der Waals surface area contributed by atoms with E-state index in [2.05, 4.69) is 13.8 Å². The Bertz CT molecular complexity index is 359. The average molecular weight is 235 g/mol. The number of likely N-dealkylation sites (N-methyl/N-ethyl adjacent to an activating group) is 1. The van der Waals surface area contributed by atoms with Crippen LogP contribution in [0.25, 0.3) is 0 Å². The molecule has 0 aliphatic carbocycles. The van der Waals surface area contributed by atoms with Gasteiger partial charge in [0.2, 0.25) is 0 Å². The van der Waals surface area contributed by atoms with Crippen molar-refractivity contribution >= 4 is 5.91 Å². The monoisotopic (exact) mass is 235 g/mol. The summed E-state index contributed by atoms with van der Waals surface area (Å²) in [4.78, 5) is 13.4. The molecule has 0 aliphatic heterocycles. The first-order valence-electron chi connectivity index (χ1n) is 6.06. The molecular weight excluding hydrogens is 214 g/mol. The Kier molecular flexibility index (Phi) is 5.16. The van der Waals surface area contributed by atoms with Gasteiger partial charge in [-0.15, -0.1) is 0 Å². The minimum atomic E-state index is -0.0465. The van der Waals surface area contributed by atoms with Crippen molar-refractivity contribution in [3.8, 4) is 0 Å². The smallest absolute Gasteiger partial charge is 0.253 e. The third-order valence-corrected chi connectivity index (χ3v) is 3.12. The Balaban J connectivity index is 2.77. The van der Waals surface area contributed by atoms with Crippen LogP contribution in [0.5, 0.6) is 0 Å². The van der Waals surface area contributed by atoms with Crippen LogP contribution in [0.4, 0.5) is 0 Å². The lowest BCUT2D eigenvalue weighted by molar-refractivity contribution is 0.0767. The first kappa shape index (κ1) is 13.7. The van der Waals surface area contributed by atoms with Gasteiger partial charge < -0.3 is 10.0 Å². The second kappa shape index (κ2) is 6.40. The zero-order chi connectivity index (χ0) is 12.8. The van der Waals surface area contributed by atoms with Crippen molar-refractivity contribution in [1.82, 2.24) is 4.90 Å². The van der Waals surface area contributed by atoms with Crippen LogP contribution in [-0.4, -0.2) is 36.1 Å². The number of carbonyl (C=O) groups is 1. The van der Waals surface area contributed by atoms with E-state index in [4.69, 9.17) is 5.11 Å². The van der Waals surface area contributed by atoms with Crippen molar-refractivity contribution in [3.05, 3.63) is 35.4 Å². The third-order valence-electron chi connectivity index (χ3n) is 3.12. The highest BCUT2D eigenvalue weighted by atomic mass is 16.3. The quantitative estimate of drug-likeness (QED) is 0.850. The highest BCUT2D eigenvalue weighted by molar-refractivity contribution is 5.94. The molecule has 0 saturated heterocycles. The molecule has 17 heavy (non-hydrogen) atoms. The number of rotatable bonds is 5. The molecular formula is C14H21NO2. The molecule has 0 spiro atoms. The van der Waals surface area contributed by atoms with Crippen molar-refractivity contribution in [2.24, 2.45) is 0 Å². The number of aliphatic hydroxyl groups is 1. The summed E-state index contributed by atoms with van der Waals surface area (Å²) >= 11 is 0. The summed E-state index contributed by atoms with van der Waals surface area (Å²) < 4.78 is 0. The fraction of sp³-hybridized carbons (Fsp3) is 0.500. The topological polar surface area (TPSA) is 40.5 Å². The molecule has 1 N–H and O–H groups in total. The summed E-state index contributed by atoms with van der Waals surface area (Å²) in [5, 5.41) is 8.79. The maximum absolute atomic E-state index is 11.9. The van der Waals surface area contributed by atoms with Gasteiger partial charge in [-0.2, -0.15) is 0 Å². The second-order valence-electron chi connectivity index (χ2n) is 4.38. The second-order valence-corrected chi connectivity index (χ2v) is 4.38. The van der Waals surface area contributed by atoms with Crippen LogP contribution >= 0.6 is 0 Å². The Morgan fingerprint density at radius 3 is 2.41 bits per heavy atom. The highest BCUT2D eigenvalue weighted by Gasteiger charge is 2.11. The van der Waals surface area contributed by atoms with E-state index in [1.165, 1.54) is 10.5 Å².